The Morgan fingerprint density at radius 3 is 1.09 bits per heavy atom. The van der Waals surface area contributed by atoms with Gasteiger partial charge in [0.2, 0.25) is 41.6 Å². The van der Waals surface area contributed by atoms with Gasteiger partial charge in [-0.05, 0) is 85.4 Å². The number of alkyl halides is 8. The second-order valence-electron chi connectivity index (χ2n) is 32.4. The average Bonchev–Trinajstić information content (AvgIpc) is 1.37. The van der Waals surface area contributed by atoms with Gasteiger partial charge in [0.25, 0.3) is 25.7 Å². The summed E-state index contributed by atoms with van der Waals surface area (Å²) in [6.45, 7) is 26.5. The molecule has 18 rings (SSSR count). The first-order valence-electron chi connectivity index (χ1n) is 40.9. The SMILES string of the molecule is CC1(C)CN(c2nc(-c3cnc(N)cc3C(F)F)nc(N3CCOC(C)(C)C3)n2)CCO1.C[C@H]1COCCN1c1nc(-c2cnc(N)cc2C(F)F)cc(N2CCOCC2)n1.C[C@H]1COCCN1c1nc(-c2cnc(N)nc2C(F)F)cc(N2CCOCC2)n1.Nc1cc(C(F)F)c(-c2nc(N3CC4CCC(C3)O4)nc(N3CC4CCC(C3)O4)n2)cn1. The van der Waals surface area contributed by atoms with Gasteiger partial charge in [0.1, 0.15) is 34.8 Å². The molecule has 656 valence electrons. The van der Waals surface area contributed by atoms with E-state index in [0.29, 0.717) is 216 Å². The summed E-state index contributed by atoms with van der Waals surface area (Å²) in [4.78, 5) is 82.6. The maximum atomic E-state index is 13.8. The van der Waals surface area contributed by atoms with Crippen molar-refractivity contribution in [3.8, 4) is 45.3 Å². The van der Waals surface area contributed by atoms with Gasteiger partial charge in [-0.2, -0.15) is 39.9 Å². The third-order valence-electron chi connectivity index (χ3n) is 22.3. The lowest BCUT2D eigenvalue weighted by Crippen LogP contribution is -2.50. The fourth-order valence-electron chi connectivity index (χ4n) is 16.1. The number of pyridine rings is 3. The van der Waals surface area contributed by atoms with E-state index in [2.05, 4.69) is 74.4 Å². The molecule has 6 atom stereocenters. The predicted molar refractivity (Wildman–Crippen MR) is 438 cm³/mol. The molecule has 4 bridgehead atoms. The van der Waals surface area contributed by atoms with Crippen molar-refractivity contribution in [1.82, 2.24) is 74.8 Å². The van der Waals surface area contributed by atoms with Crippen LogP contribution in [0.25, 0.3) is 45.3 Å². The Morgan fingerprint density at radius 1 is 0.361 bits per heavy atom. The molecule has 0 aromatic carbocycles. The Bertz CT molecular complexity index is 4570. The van der Waals surface area contributed by atoms with E-state index in [-0.39, 0.29) is 122 Å². The van der Waals surface area contributed by atoms with Gasteiger partial charge in [-0.1, -0.05) is 0 Å². The molecule has 43 heteroatoms. The molecular weight excluding hydrogens is 1610 g/mol. The van der Waals surface area contributed by atoms with Crippen molar-refractivity contribution in [3.05, 3.63) is 77.5 Å². The molecule has 8 aromatic rings. The molecule has 0 aliphatic carbocycles. The summed E-state index contributed by atoms with van der Waals surface area (Å²) in [6.07, 6.45) is -1.07. The van der Waals surface area contributed by atoms with Gasteiger partial charge >= 0.3 is 0 Å². The number of nitrogens with zero attached hydrogens (tertiary/aromatic N) is 23. The Labute approximate surface area is 699 Å². The summed E-state index contributed by atoms with van der Waals surface area (Å²) in [5, 5.41) is 0. The Balaban J connectivity index is 0.000000126. The number of hydrogen-bond donors (Lipinski definition) is 4. The zero-order chi connectivity index (χ0) is 85.7. The minimum Gasteiger partial charge on any atom is -0.384 e. The minimum absolute atomic E-state index is 0.0170. The summed E-state index contributed by atoms with van der Waals surface area (Å²) < 4.78 is 155. The molecule has 35 nitrogen and oxygen atoms in total. The average molecular weight is 1710 g/mol. The molecule has 10 saturated heterocycles. The van der Waals surface area contributed by atoms with Crippen molar-refractivity contribution in [2.75, 3.05) is 220 Å². The van der Waals surface area contributed by atoms with E-state index in [1.807, 2.05) is 61.1 Å². The normalized spacial score (nSPS) is 22.7. The molecule has 0 spiro atoms. The third kappa shape index (κ3) is 20.7. The lowest BCUT2D eigenvalue weighted by atomic mass is 10.1. The summed E-state index contributed by atoms with van der Waals surface area (Å²) >= 11 is 0. The van der Waals surface area contributed by atoms with E-state index in [0.717, 1.165) is 25.7 Å². The van der Waals surface area contributed by atoms with Gasteiger partial charge in [-0.25, -0.2) is 70.0 Å². The van der Waals surface area contributed by atoms with Crippen molar-refractivity contribution in [2.24, 2.45) is 0 Å². The standard InChI is InChI=1S/C21H25F2N7O2.C21H29F2N7O2.C19H24F2N6O2.C18H23F2N7O2/c22-18(23)15-5-17(24)25-6-16(15)19-26-20(29-7-11-1-2-12(8-29)31-11)28-21(27-19)30-9-13-3-4-14(10-30)32-13;1-20(2)11-29(5-7-31-20)18-26-17(14-10-25-15(24)9-13(14)16(22)23)27-19(28-18)30-6-8-32-21(3,4)12-30;1-12-11-29-7-4-27(12)19-24-15(9-17(25-19)26-2-5-28-6-3-26)14-10-23-16(22)8-13(14)18(20)21;1-11-10-29-7-4-27(11)18-23-13(8-14(24-18)26-2-5-28-6-3-26)12-9-22-17(21)25-15(12)16(19)20/h5-6,11-14,18H,1-4,7-10H2,(H2,24,25);9-10,16H,5-8,11-12H2,1-4H3,(H2,24,25);8-10,12,18H,2-7,11H2,1H3,(H2,22,23);8-9,11,16H,2-7,10H2,1H3,(H2,21,22,25)/t;;12-;11-/m..00/s1. The Hall–Kier alpha value is -10.6. The molecule has 0 radical (unpaired) electrons. The highest BCUT2D eigenvalue weighted by molar-refractivity contribution is 5.71. The number of nitrogens with two attached hydrogens (primary N) is 4. The van der Waals surface area contributed by atoms with Crippen LogP contribution >= 0.6 is 0 Å². The first kappa shape index (κ1) is 86.4. The molecular formula is C79H101F8N27O8. The van der Waals surface area contributed by atoms with Crippen molar-refractivity contribution >= 4 is 70.7 Å². The fourth-order valence-corrected chi connectivity index (χ4v) is 16.1. The molecule has 8 aromatic heterocycles. The molecule has 0 saturated carbocycles. The van der Waals surface area contributed by atoms with Crippen LogP contribution in [0.2, 0.25) is 0 Å². The first-order valence-corrected chi connectivity index (χ1v) is 40.9. The lowest BCUT2D eigenvalue weighted by molar-refractivity contribution is -0.0285. The predicted octanol–water partition coefficient (Wildman–Crippen LogP) is 8.51. The highest BCUT2D eigenvalue weighted by Crippen LogP contribution is 2.41. The van der Waals surface area contributed by atoms with E-state index in [1.54, 1.807) is 12.1 Å². The van der Waals surface area contributed by atoms with Gasteiger partial charge < -0.3 is 100 Å². The number of ether oxygens (including phenoxy) is 8. The number of halogens is 8. The van der Waals surface area contributed by atoms with Gasteiger partial charge in [0.05, 0.1) is 125 Å². The summed E-state index contributed by atoms with van der Waals surface area (Å²) in [5.74, 6) is 4.35. The summed E-state index contributed by atoms with van der Waals surface area (Å²) in [5.41, 5.74) is 22.0. The van der Waals surface area contributed by atoms with E-state index in [4.69, 9.17) is 80.8 Å². The van der Waals surface area contributed by atoms with Crippen LogP contribution in [0.3, 0.4) is 0 Å². The van der Waals surface area contributed by atoms with Crippen LogP contribution in [0.15, 0.2) is 55.1 Å². The van der Waals surface area contributed by atoms with Crippen molar-refractivity contribution in [1.29, 1.82) is 0 Å². The van der Waals surface area contributed by atoms with Gasteiger partial charge in [-0.15, -0.1) is 0 Å². The quantitative estimate of drug-likeness (QED) is 0.0658. The number of morpholine rings is 8. The monoisotopic (exact) mass is 1710 g/mol. The van der Waals surface area contributed by atoms with Crippen molar-refractivity contribution in [2.45, 2.75) is 141 Å². The molecule has 122 heavy (non-hydrogen) atoms. The van der Waals surface area contributed by atoms with Gasteiger partial charge in [-0.3, -0.25) is 0 Å². The zero-order valence-corrected chi connectivity index (χ0v) is 68.7. The molecule has 0 amide bonds. The molecule has 8 N–H and O–H groups in total. The molecule has 4 unspecified atom stereocenters. The topological polar surface area (TPSA) is 397 Å². The van der Waals surface area contributed by atoms with Crippen LogP contribution in [-0.4, -0.2) is 280 Å². The number of nitrogen functional groups attached to an aromatic ring is 4. The third-order valence-corrected chi connectivity index (χ3v) is 22.3. The number of anilines is 12. The lowest BCUT2D eigenvalue weighted by Gasteiger charge is -2.40. The Kier molecular flexibility index (Phi) is 26.6. The van der Waals surface area contributed by atoms with E-state index in [9.17, 15) is 35.1 Å². The van der Waals surface area contributed by atoms with Crippen LogP contribution < -0.4 is 62.1 Å². The fraction of sp³-hybridized carbons (Fsp3) is 0.582. The van der Waals surface area contributed by atoms with E-state index in [1.165, 1.54) is 43.0 Å². The van der Waals surface area contributed by atoms with Crippen LogP contribution in [0.5, 0.6) is 0 Å². The Morgan fingerprint density at radius 2 is 0.713 bits per heavy atom. The van der Waals surface area contributed by atoms with Gasteiger partial charge in [0.15, 0.2) is 11.6 Å². The largest absolute Gasteiger partial charge is 0.384 e. The summed E-state index contributed by atoms with van der Waals surface area (Å²) in [7, 11) is 0. The number of hydrogen-bond acceptors (Lipinski definition) is 35. The highest BCUT2D eigenvalue weighted by Gasteiger charge is 2.40. The number of fused-ring (bicyclic) bond motifs is 4. The highest BCUT2D eigenvalue weighted by atomic mass is 19.3. The summed E-state index contributed by atoms with van der Waals surface area (Å²) in [6, 6.07) is 7.13. The maximum Gasteiger partial charge on any atom is 0.281 e. The second kappa shape index (κ2) is 37.6. The van der Waals surface area contributed by atoms with Gasteiger partial charge in [0, 0.05) is 167 Å². The second-order valence-corrected chi connectivity index (χ2v) is 32.4. The molecule has 18 heterocycles. The van der Waals surface area contributed by atoms with E-state index < -0.39 is 31.4 Å². The first-order chi connectivity index (χ1) is 58.6. The van der Waals surface area contributed by atoms with Crippen LogP contribution in [0.4, 0.5) is 106 Å². The van der Waals surface area contributed by atoms with E-state index >= 15 is 0 Å². The zero-order valence-electron chi connectivity index (χ0n) is 68.7. The molecule has 10 aliphatic heterocycles. The van der Waals surface area contributed by atoms with Crippen LogP contribution in [0.1, 0.15) is 115 Å². The maximum absolute atomic E-state index is 13.8. The molecule has 10 aliphatic rings. The molecule has 10 fully saturated rings. The van der Waals surface area contributed by atoms with Crippen molar-refractivity contribution < 1.29 is 73.0 Å². The number of rotatable bonds is 16. The number of aromatic nitrogens is 15. The smallest absolute Gasteiger partial charge is 0.281 e. The van der Waals surface area contributed by atoms with Crippen molar-refractivity contribution in [3.63, 3.8) is 0 Å². The van der Waals surface area contributed by atoms with Crippen LogP contribution in [0, 0.1) is 0 Å². The minimum atomic E-state index is -2.80. The van der Waals surface area contributed by atoms with Crippen LogP contribution in [-0.2, 0) is 37.9 Å².